The highest BCUT2D eigenvalue weighted by molar-refractivity contribution is 7.13. The minimum Gasteiger partial charge on any atom is -0.360 e. The van der Waals surface area contributed by atoms with Gasteiger partial charge in [-0.05, 0) is 23.9 Å². The molecule has 1 aromatic carbocycles. The van der Waals surface area contributed by atoms with Crippen molar-refractivity contribution in [3.05, 3.63) is 77.0 Å². The number of amides is 2. The zero-order chi connectivity index (χ0) is 24.2. The summed E-state index contributed by atoms with van der Waals surface area (Å²) in [6.07, 6.45) is 1.85. The number of anilines is 1. The maximum atomic E-state index is 13.5. The Bertz CT molecular complexity index is 1290. The maximum absolute atomic E-state index is 13.5. The highest BCUT2D eigenvalue weighted by atomic mass is 32.1. The van der Waals surface area contributed by atoms with E-state index in [2.05, 4.69) is 10.5 Å². The van der Waals surface area contributed by atoms with E-state index < -0.39 is 0 Å². The van der Waals surface area contributed by atoms with Crippen LogP contribution in [-0.2, 0) is 11.3 Å². The highest BCUT2D eigenvalue weighted by Crippen LogP contribution is 2.28. The molecule has 0 aliphatic carbocycles. The van der Waals surface area contributed by atoms with Gasteiger partial charge in [0.05, 0.1) is 23.5 Å². The van der Waals surface area contributed by atoms with Crippen LogP contribution in [0.2, 0.25) is 0 Å². The number of aromatic nitrogens is 3. The predicted molar refractivity (Wildman–Crippen MR) is 133 cm³/mol. The third kappa shape index (κ3) is 5.50. The Morgan fingerprint density at radius 2 is 1.89 bits per heavy atom. The lowest BCUT2D eigenvalue weighted by Gasteiger charge is -2.34. The molecular formula is C25H26N6O3S. The molecule has 1 fully saturated rings. The summed E-state index contributed by atoms with van der Waals surface area (Å²) in [6, 6.07) is 15.7. The first kappa shape index (κ1) is 23.0. The van der Waals surface area contributed by atoms with Crippen LogP contribution < -0.4 is 5.32 Å². The zero-order valence-corrected chi connectivity index (χ0v) is 20.2. The van der Waals surface area contributed by atoms with E-state index in [-0.39, 0.29) is 18.4 Å². The van der Waals surface area contributed by atoms with Gasteiger partial charge in [0, 0.05) is 38.4 Å². The number of carbonyl (C=O) groups excluding carboxylic acids is 2. The van der Waals surface area contributed by atoms with Crippen LogP contribution in [0.25, 0.3) is 10.6 Å². The van der Waals surface area contributed by atoms with Gasteiger partial charge in [-0.15, -0.1) is 11.3 Å². The SMILES string of the molecule is Cc1cc(NC(=O)CN2CCN(C(=O)c3cn(Cc4ccccc4)nc3-c3cccs3)CC2)no1. The molecule has 9 nitrogen and oxygen atoms in total. The smallest absolute Gasteiger partial charge is 0.257 e. The van der Waals surface area contributed by atoms with Crippen molar-refractivity contribution in [2.45, 2.75) is 13.5 Å². The predicted octanol–water partition coefficient (Wildman–Crippen LogP) is 3.35. The van der Waals surface area contributed by atoms with Gasteiger partial charge in [-0.1, -0.05) is 41.6 Å². The average molecular weight is 491 g/mol. The molecule has 1 aliphatic rings. The van der Waals surface area contributed by atoms with Gasteiger partial charge in [-0.25, -0.2) is 0 Å². The number of nitrogens with zero attached hydrogens (tertiary/aromatic N) is 5. The number of hydrogen-bond donors (Lipinski definition) is 1. The molecule has 1 N–H and O–H groups in total. The Morgan fingerprint density at radius 3 is 2.57 bits per heavy atom. The van der Waals surface area contributed by atoms with Crippen molar-refractivity contribution < 1.29 is 14.1 Å². The van der Waals surface area contributed by atoms with Crippen molar-refractivity contribution in [1.82, 2.24) is 24.7 Å². The maximum Gasteiger partial charge on any atom is 0.257 e. The lowest BCUT2D eigenvalue weighted by atomic mass is 10.1. The molecule has 0 spiro atoms. The minimum atomic E-state index is -0.153. The number of carbonyl (C=O) groups is 2. The second-order valence-electron chi connectivity index (χ2n) is 8.49. The summed E-state index contributed by atoms with van der Waals surface area (Å²) in [5.41, 5.74) is 2.45. The fourth-order valence-corrected chi connectivity index (χ4v) is 4.84. The van der Waals surface area contributed by atoms with Crippen molar-refractivity contribution in [2.75, 3.05) is 38.0 Å². The summed E-state index contributed by atoms with van der Waals surface area (Å²) in [5.74, 6) is 0.867. The summed E-state index contributed by atoms with van der Waals surface area (Å²) in [4.78, 5) is 30.7. The van der Waals surface area contributed by atoms with Crippen molar-refractivity contribution in [3.63, 3.8) is 0 Å². The van der Waals surface area contributed by atoms with Gasteiger partial charge >= 0.3 is 0 Å². The summed E-state index contributed by atoms with van der Waals surface area (Å²) in [7, 11) is 0. The van der Waals surface area contributed by atoms with Gasteiger partial charge in [0.2, 0.25) is 5.91 Å². The molecule has 10 heteroatoms. The van der Waals surface area contributed by atoms with E-state index in [1.165, 1.54) is 0 Å². The Balaban J connectivity index is 1.24. The molecule has 35 heavy (non-hydrogen) atoms. The molecule has 0 atom stereocenters. The molecule has 5 rings (SSSR count). The van der Waals surface area contributed by atoms with E-state index in [1.54, 1.807) is 24.3 Å². The molecule has 180 valence electrons. The van der Waals surface area contributed by atoms with Crippen LogP contribution in [0.1, 0.15) is 21.7 Å². The lowest BCUT2D eigenvalue weighted by Crippen LogP contribution is -2.50. The molecule has 4 heterocycles. The number of rotatable bonds is 7. The van der Waals surface area contributed by atoms with Crippen LogP contribution in [0.3, 0.4) is 0 Å². The number of aryl methyl sites for hydroxylation is 1. The van der Waals surface area contributed by atoms with E-state index in [1.807, 2.05) is 68.5 Å². The molecule has 0 bridgehead atoms. The van der Waals surface area contributed by atoms with Crippen LogP contribution in [0.4, 0.5) is 5.82 Å². The lowest BCUT2D eigenvalue weighted by molar-refractivity contribution is -0.117. The van der Waals surface area contributed by atoms with Gasteiger partial charge in [0.1, 0.15) is 11.5 Å². The van der Waals surface area contributed by atoms with Crippen LogP contribution in [0.15, 0.2) is 64.6 Å². The number of hydrogen-bond acceptors (Lipinski definition) is 7. The third-order valence-corrected chi connectivity index (χ3v) is 6.73. The Morgan fingerprint density at radius 1 is 1.09 bits per heavy atom. The third-order valence-electron chi connectivity index (χ3n) is 5.86. The molecular weight excluding hydrogens is 464 g/mol. The van der Waals surface area contributed by atoms with Crippen molar-refractivity contribution in [2.24, 2.45) is 0 Å². The van der Waals surface area contributed by atoms with E-state index in [9.17, 15) is 9.59 Å². The standard InChI is InChI=1S/C25H26N6O3S/c1-18-14-22(28-34-18)26-23(32)17-29-9-11-30(12-10-29)25(33)20-16-31(15-19-6-3-2-4-7-19)27-24(20)21-8-5-13-35-21/h2-8,13-14,16H,9-12,15,17H2,1H3,(H,26,28,32). The molecule has 0 saturated carbocycles. The van der Waals surface area contributed by atoms with Crippen molar-refractivity contribution in [1.29, 1.82) is 0 Å². The normalized spacial score (nSPS) is 14.3. The minimum absolute atomic E-state index is 0.0325. The first-order valence-electron chi connectivity index (χ1n) is 11.5. The van der Waals surface area contributed by atoms with E-state index >= 15 is 0 Å². The Kier molecular flexibility index (Phi) is 6.73. The summed E-state index contributed by atoms with van der Waals surface area (Å²) in [5, 5.41) is 13.3. The molecule has 1 saturated heterocycles. The van der Waals surface area contributed by atoms with Gasteiger partial charge in [0.25, 0.3) is 5.91 Å². The van der Waals surface area contributed by atoms with E-state index in [0.29, 0.717) is 55.6 Å². The van der Waals surface area contributed by atoms with Crippen molar-refractivity contribution in [3.8, 4) is 10.6 Å². The fourth-order valence-electron chi connectivity index (χ4n) is 4.11. The molecule has 1 aliphatic heterocycles. The number of thiophene rings is 1. The number of benzene rings is 1. The molecule has 3 aromatic heterocycles. The number of piperazine rings is 1. The Labute approximate surface area is 206 Å². The van der Waals surface area contributed by atoms with Gasteiger partial charge in [-0.2, -0.15) is 5.10 Å². The van der Waals surface area contributed by atoms with Gasteiger partial charge < -0.3 is 14.7 Å². The summed E-state index contributed by atoms with van der Waals surface area (Å²) in [6.45, 7) is 4.93. The van der Waals surface area contributed by atoms with Gasteiger partial charge in [0.15, 0.2) is 5.82 Å². The highest BCUT2D eigenvalue weighted by Gasteiger charge is 2.27. The number of nitrogens with one attached hydrogen (secondary N) is 1. The second kappa shape index (κ2) is 10.2. The second-order valence-corrected chi connectivity index (χ2v) is 9.44. The van der Waals surface area contributed by atoms with E-state index in [0.717, 1.165) is 10.4 Å². The first-order valence-corrected chi connectivity index (χ1v) is 12.3. The molecule has 2 amide bonds. The largest absolute Gasteiger partial charge is 0.360 e. The van der Waals surface area contributed by atoms with Crippen LogP contribution in [0, 0.1) is 6.92 Å². The molecule has 0 unspecified atom stereocenters. The summed E-state index contributed by atoms with van der Waals surface area (Å²) < 4.78 is 6.82. The van der Waals surface area contributed by atoms with Crippen molar-refractivity contribution >= 4 is 29.0 Å². The monoisotopic (exact) mass is 490 g/mol. The Hall–Kier alpha value is -3.76. The van der Waals surface area contributed by atoms with Crippen LogP contribution in [0.5, 0.6) is 0 Å². The van der Waals surface area contributed by atoms with Crippen LogP contribution >= 0.6 is 11.3 Å². The van der Waals surface area contributed by atoms with E-state index in [4.69, 9.17) is 9.62 Å². The summed E-state index contributed by atoms with van der Waals surface area (Å²) >= 11 is 1.57. The zero-order valence-electron chi connectivity index (χ0n) is 19.4. The molecule has 4 aromatic rings. The average Bonchev–Trinajstić information content (AvgIpc) is 3.61. The fraction of sp³-hybridized carbons (Fsp3) is 0.280. The first-order chi connectivity index (χ1) is 17.0. The van der Waals surface area contributed by atoms with Gasteiger partial charge in [-0.3, -0.25) is 19.2 Å². The van der Waals surface area contributed by atoms with Crippen LogP contribution in [-0.4, -0.2) is 69.3 Å². The molecule has 0 radical (unpaired) electrons. The quantitative estimate of drug-likeness (QED) is 0.427. The topological polar surface area (TPSA) is 96.5 Å².